The fourth-order valence-electron chi connectivity index (χ4n) is 5.23. The van der Waals surface area contributed by atoms with Crippen LogP contribution in [0.5, 0.6) is 0 Å². The number of carbonyl (C=O) groups is 2. The van der Waals surface area contributed by atoms with E-state index in [1.807, 2.05) is 49.5 Å². The van der Waals surface area contributed by atoms with E-state index in [0.717, 1.165) is 51.3 Å². The van der Waals surface area contributed by atoms with E-state index in [1.54, 1.807) is 6.33 Å². The molecule has 1 fully saturated rings. The summed E-state index contributed by atoms with van der Waals surface area (Å²) in [6.45, 7) is 4.80. The Kier molecular flexibility index (Phi) is 5.71. The molecule has 6 rings (SSSR count). The van der Waals surface area contributed by atoms with Crippen molar-refractivity contribution >= 4 is 34.4 Å². The van der Waals surface area contributed by atoms with Crippen LogP contribution in [0.1, 0.15) is 35.2 Å². The van der Waals surface area contributed by atoms with Crippen molar-refractivity contribution in [3.05, 3.63) is 72.6 Å². The van der Waals surface area contributed by atoms with E-state index in [0.29, 0.717) is 23.7 Å². The first-order valence-corrected chi connectivity index (χ1v) is 12.6. The molecule has 1 aliphatic heterocycles. The quantitative estimate of drug-likeness (QED) is 0.333. The van der Waals surface area contributed by atoms with Crippen LogP contribution in [0.4, 0.5) is 11.5 Å². The molecule has 2 amide bonds. The Balaban J connectivity index is 1.43. The molecule has 2 aliphatic rings. The van der Waals surface area contributed by atoms with Gasteiger partial charge in [0.1, 0.15) is 17.8 Å². The van der Waals surface area contributed by atoms with Gasteiger partial charge in [0.05, 0.1) is 11.1 Å². The zero-order chi connectivity index (χ0) is 25.5. The zero-order valence-electron chi connectivity index (χ0n) is 20.7. The fourth-order valence-corrected chi connectivity index (χ4v) is 5.23. The zero-order valence-corrected chi connectivity index (χ0v) is 20.7. The number of nitrogens with zero attached hydrogens (tertiary/aromatic N) is 3. The molecule has 0 atom stereocenters. The summed E-state index contributed by atoms with van der Waals surface area (Å²) in [7, 11) is 1.99. The van der Waals surface area contributed by atoms with Crippen LogP contribution in [0.25, 0.3) is 33.4 Å². The number of fused-ring (bicyclic) bond motifs is 2. The Labute approximate surface area is 214 Å². The molecule has 2 aromatic heterocycles. The van der Waals surface area contributed by atoms with Gasteiger partial charge < -0.3 is 20.5 Å². The van der Waals surface area contributed by atoms with E-state index in [2.05, 4.69) is 37.1 Å². The highest BCUT2D eigenvalue weighted by Crippen LogP contribution is 2.45. The smallest absolute Gasteiger partial charge is 0.251 e. The summed E-state index contributed by atoms with van der Waals surface area (Å²) in [6, 6.07) is 13.6. The van der Waals surface area contributed by atoms with Crippen molar-refractivity contribution in [3.8, 4) is 22.4 Å². The van der Waals surface area contributed by atoms with Crippen molar-refractivity contribution in [2.45, 2.75) is 25.8 Å². The molecule has 0 unspecified atom stereocenters. The summed E-state index contributed by atoms with van der Waals surface area (Å²) >= 11 is 0. The minimum Gasteiger partial charge on any atom is -0.365 e. The largest absolute Gasteiger partial charge is 0.365 e. The van der Waals surface area contributed by atoms with Crippen LogP contribution in [0.15, 0.2) is 61.4 Å². The minimum atomic E-state index is -0.253. The number of nitrogens with one attached hydrogen (secondary N) is 3. The first kappa shape index (κ1) is 23.0. The number of hydrogen-bond donors (Lipinski definition) is 3. The third kappa shape index (κ3) is 4.04. The number of rotatable bonds is 6. The van der Waals surface area contributed by atoms with E-state index in [1.165, 1.54) is 25.3 Å². The third-order valence-corrected chi connectivity index (χ3v) is 7.44. The molecule has 4 aromatic rings. The van der Waals surface area contributed by atoms with Gasteiger partial charge in [-0.25, -0.2) is 9.97 Å². The molecule has 0 radical (unpaired) electrons. The molecule has 3 heterocycles. The third-order valence-electron chi connectivity index (χ3n) is 7.44. The van der Waals surface area contributed by atoms with Crippen LogP contribution >= 0.6 is 0 Å². The monoisotopic (exact) mass is 492 g/mol. The van der Waals surface area contributed by atoms with Gasteiger partial charge >= 0.3 is 0 Å². The van der Waals surface area contributed by atoms with E-state index in [4.69, 9.17) is 0 Å². The van der Waals surface area contributed by atoms with Crippen molar-refractivity contribution in [2.24, 2.45) is 13.0 Å². The normalized spacial score (nSPS) is 14.2. The molecule has 37 heavy (non-hydrogen) atoms. The molecule has 8 nitrogen and oxygen atoms in total. The van der Waals surface area contributed by atoms with Gasteiger partial charge in [-0.3, -0.25) is 9.59 Å². The fraction of sp³-hybridized carbons (Fsp3) is 0.241. The van der Waals surface area contributed by atoms with Crippen LogP contribution < -0.4 is 16.0 Å². The van der Waals surface area contributed by atoms with Gasteiger partial charge in [0, 0.05) is 37.0 Å². The molecule has 1 saturated carbocycles. The molecule has 0 spiro atoms. The van der Waals surface area contributed by atoms with E-state index in [9.17, 15) is 9.59 Å². The molecular formula is C29H28N6O2. The maximum absolute atomic E-state index is 12.9. The Bertz CT molecular complexity index is 1550. The number of anilines is 2. The lowest BCUT2D eigenvalue weighted by atomic mass is 9.85. The number of aryl methyl sites for hydroxylation is 1. The number of hydrogen-bond acceptors (Lipinski definition) is 5. The lowest BCUT2D eigenvalue weighted by Gasteiger charge is -2.25. The topological polar surface area (TPSA) is 101 Å². The Hall–Kier alpha value is -4.46. The maximum atomic E-state index is 12.9. The van der Waals surface area contributed by atoms with Crippen molar-refractivity contribution in [1.29, 1.82) is 0 Å². The second-order valence-electron chi connectivity index (χ2n) is 9.71. The second kappa shape index (κ2) is 9.20. The van der Waals surface area contributed by atoms with Crippen molar-refractivity contribution in [3.63, 3.8) is 0 Å². The van der Waals surface area contributed by atoms with Gasteiger partial charge in [0.2, 0.25) is 5.91 Å². The molecular weight excluding hydrogens is 464 g/mol. The molecule has 8 heteroatoms. The summed E-state index contributed by atoms with van der Waals surface area (Å²) in [5.74, 6) is 1.09. The predicted molar refractivity (Wildman–Crippen MR) is 145 cm³/mol. The summed E-state index contributed by atoms with van der Waals surface area (Å²) < 4.78 is 2.07. The Morgan fingerprint density at radius 3 is 2.70 bits per heavy atom. The van der Waals surface area contributed by atoms with Gasteiger partial charge in [0.25, 0.3) is 5.91 Å². The van der Waals surface area contributed by atoms with E-state index < -0.39 is 0 Å². The molecule has 186 valence electrons. The summed E-state index contributed by atoms with van der Waals surface area (Å²) in [4.78, 5) is 33.7. The maximum Gasteiger partial charge on any atom is 0.251 e. The Morgan fingerprint density at radius 2 is 1.97 bits per heavy atom. The highest BCUT2D eigenvalue weighted by molar-refractivity contribution is 6.10. The molecule has 2 aromatic carbocycles. The van der Waals surface area contributed by atoms with Gasteiger partial charge in [0.15, 0.2) is 0 Å². The van der Waals surface area contributed by atoms with E-state index >= 15 is 0 Å². The van der Waals surface area contributed by atoms with E-state index in [-0.39, 0.29) is 11.8 Å². The minimum absolute atomic E-state index is 0.0353. The average Bonchev–Trinajstić information content (AvgIpc) is 3.08. The van der Waals surface area contributed by atoms with Crippen LogP contribution in [-0.2, 0) is 18.4 Å². The van der Waals surface area contributed by atoms with Crippen LogP contribution in [-0.4, -0.2) is 32.9 Å². The summed E-state index contributed by atoms with van der Waals surface area (Å²) in [5, 5.41) is 10.3. The summed E-state index contributed by atoms with van der Waals surface area (Å²) in [5.41, 5.74) is 7.24. The average molecular weight is 493 g/mol. The first-order chi connectivity index (χ1) is 18.0. The number of aromatic nitrogens is 3. The van der Waals surface area contributed by atoms with Gasteiger partial charge in [-0.15, -0.1) is 0 Å². The van der Waals surface area contributed by atoms with Crippen LogP contribution in [0.3, 0.4) is 0 Å². The summed E-state index contributed by atoms with van der Waals surface area (Å²) in [6.07, 6.45) is 6.47. The van der Waals surface area contributed by atoms with Crippen LogP contribution in [0, 0.1) is 5.92 Å². The predicted octanol–water partition coefficient (Wildman–Crippen LogP) is 4.88. The molecule has 0 saturated heterocycles. The van der Waals surface area contributed by atoms with Crippen molar-refractivity contribution < 1.29 is 9.59 Å². The SMILES string of the molecule is C=CC(=O)Nc1ccc(-c2c3c4c(ncnc4n2C)NCc2cc(C(=O)NCC4CCC4)ccc2-3)cc1. The second-order valence-corrected chi connectivity index (χ2v) is 9.71. The van der Waals surface area contributed by atoms with Gasteiger partial charge in [-0.05, 0) is 65.8 Å². The number of benzene rings is 2. The number of carbonyl (C=O) groups excluding carboxylic acids is 2. The van der Waals surface area contributed by atoms with Crippen molar-refractivity contribution in [1.82, 2.24) is 19.9 Å². The number of amides is 2. The van der Waals surface area contributed by atoms with Gasteiger partial charge in [-0.2, -0.15) is 0 Å². The molecule has 1 aliphatic carbocycles. The first-order valence-electron chi connectivity index (χ1n) is 12.6. The van der Waals surface area contributed by atoms with Gasteiger partial charge in [-0.1, -0.05) is 31.2 Å². The molecule has 0 bridgehead atoms. The lowest BCUT2D eigenvalue weighted by Crippen LogP contribution is -2.32. The highest BCUT2D eigenvalue weighted by atomic mass is 16.2. The standard InChI is InChI=1S/C29H28N6O2/c1-3-23(36)34-21-10-7-18(8-11-21)26-24-22-12-9-19(29(37)31-14-17-5-4-6-17)13-20(22)15-30-27-25(24)28(35(26)2)33-16-32-27/h3,7-13,16-17H,1,4-6,14-15H2,2H3,(H,31,37)(H,34,36)(H,30,32,33). The lowest BCUT2D eigenvalue weighted by molar-refractivity contribution is -0.111. The highest BCUT2D eigenvalue weighted by Gasteiger charge is 2.27. The van der Waals surface area contributed by atoms with Crippen molar-refractivity contribution in [2.75, 3.05) is 17.2 Å². The molecule has 3 N–H and O–H groups in total. The van der Waals surface area contributed by atoms with Crippen LogP contribution in [0.2, 0.25) is 0 Å². The Morgan fingerprint density at radius 1 is 1.16 bits per heavy atom.